The summed E-state index contributed by atoms with van der Waals surface area (Å²) in [5, 5.41) is 13.0. The molecule has 43 heavy (non-hydrogen) atoms. The third-order valence-electron chi connectivity index (χ3n) is 9.29. The van der Waals surface area contributed by atoms with Gasteiger partial charge in [0.1, 0.15) is 11.8 Å². The van der Waals surface area contributed by atoms with Crippen LogP contribution in [-0.2, 0) is 13.6 Å². The van der Waals surface area contributed by atoms with Crippen LogP contribution in [0.25, 0.3) is 0 Å². The van der Waals surface area contributed by atoms with Crippen LogP contribution in [0.5, 0.6) is 0 Å². The number of aliphatic hydroxyl groups excluding tert-OH is 1. The van der Waals surface area contributed by atoms with E-state index in [2.05, 4.69) is 83.9 Å². The Kier molecular flexibility index (Phi) is 9.34. The molecule has 3 atom stereocenters. The molecule has 0 bridgehead atoms. The molecule has 0 aliphatic carbocycles. The smallest absolute Gasteiger partial charge is 0.330 e. The Bertz CT molecular complexity index is 1470. The lowest BCUT2D eigenvalue weighted by molar-refractivity contribution is -0.144. The zero-order valence-electron chi connectivity index (χ0n) is 27.1. The largest absolute Gasteiger partial charge is 0.411 e. The minimum atomic E-state index is -2.98. The van der Waals surface area contributed by atoms with E-state index in [0.29, 0.717) is 12.0 Å². The predicted octanol–water partition coefficient (Wildman–Crippen LogP) is 4.46. The van der Waals surface area contributed by atoms with Gasteiger partial charge < -0.3 is 18.7 Å². The highest BCUT2D eigenvalue weighted by atomic mass is 28.4. The quantitative estimate of drug-likeness (QED) is 0.341. The van der Waals surface area contributed by atoms with Crippen LogP contribution in [0.3, 0.4) is 0 Å². The molecule has 2 N–H and O–H groups in total. The second-order valence-corrected chi connectivity index (χ2v) is 23.4. The van der Waals surface area contributed by atoms with Gasteiger partial charge in [-0.15, -0.1) is 0 Å². The first-order valence-electron chi connectivity index (χ1n) is 15.0. The van der Waals surface area contributed by atoms with Gasteiger partial charge in [-0.3, -0.25) is 14.3 Å². The number of ether oxygens (including phenoxy) is 1. The van der Waals surface area contributed by atoms with Crippen LogP contribution < -0.4 is 21.6 Å². The summed E-state index contributed by atoms with van der Waals surface area (Å²) >= 11 is 0. The number of nitrogens with one attached hydrogen (secondary N) is 1. The van der Waals surface area contributed by atoms with Crippen molar-refractivity contribution in [3.8, 4) is 0 Å². The Hall–Kier alpha value is -2.61. The fourth-order valence-electron chi connectivity index (χ4n) is 5.75. The first-order valence-corrected chi connectivity index (χ1v) is 19.8. The van der Waals surface area contributed by atoms with Crippen LogP contribution in [0.15, 0.2) is 76.4 Å². The molecular formula is C33H48N2O6Si2. The Labute approximate surface area is 257 Å². The van der Waals surface area contributed by atoms with Crippen molar-refractivity contribution in [1.82, 2.24) is 9.55 Å². The van der Waals surface area contributed by atoms with Crippen molar-refractivity contribution < 1.29 is 18.7 Å². The number of aromatic nitrogens is 2. The van der Waals surface area contributed by atoms with E-state index in [1.54, 1.807) is 6.92 Å². The number of aryl methyl sites for hydroxylation is 1. The van der Waals surface area contributed by atoms with Crippen LogP contribution in [0.2, 0.25) is 23.2 Å². The number of rotatable bonds is 9. The van der Waals surface area contributed by atoms with Crippen molar-refractivity contribution in [3.63, 3.8) is 0 Å². The van der Waals surface area contributed by atoms with Gasteiger partial charge in [0.2, 0.25) is 0 Å². The van der Waals surface area contributed by atoms with Crippen molar-refractivity contribution in [1.29, 1.82) is 0 Å². The molecule has 1 fully saturated rings. The standard InChI is InChI=1S/C33H48N2O6Si2/c1-24-21-35(30(38)34-29(24)37)28-20-27(41-42(8,9)31(2,3)4)33(22-36,40-28)23-39-43(32(5,6)7,25-16-12-10-13-17-25)26-18-14-11-15-19-26/h10-19,21,27-28,36H,20,22-23H2,1-9H3,(H,34,37,38). The minimum Gasteiger partial charge on any atom is -0.411 e. The number of hydrogen-bond acceptors (Lipinski definition) is 6. The first kappa shape index (κ1) is 33.3. The molecular weight excluding hydrogens is 577 g/mol. The van der Waals surface area contributed by atoms with Gasteiger partial charge in [-0.05, 0) is 40.5 Å². The molecule has 0 amide bonds. The number of hydrogen-bond donors (Lipinski definition) is 2. The lowest BCUT2D eigenvalue weighted by Gasteiger charge is -2.46. The Morgan fingerprint density at radius 3 is 1.95 bits per heavy atom. The Morgan fingerprint density at radius 1 is 0.953 bits per heavy atom. The summed E-state index contributed by atoms with van der Waals surface area (Å²) in [5.41, 5.74) is -1.85. The van der Waals surface area contributed by atoms with E-state index in [0.717, 1.165) is 10.4 Å². The van der Waals surface area contributed by atoms with Gasteiger partial charge in [-0.1, -0.05) is 102 Å². The fraction of sp³-hybridized carbons (Fsp3) is 0.515. The predicted molar refractivity (Wildman–Crippen MR) is 176 cm³/mol. The lowest BCUT2D eigenvalue weighted by Crippen LogP contribution is -2.68. The van der Waals surface area contributed by atoms with E-state index in [1.165, 1.54) is 10.8 Å². The van der Waals surface area contributed by atoms with Crippen molar-refractivity contribution in [2.45, 2.75) is 96.0 Å². The van der Waals surface area contributed by atoms with Crippen molar-refractivity contribution in [3.05, 3.63) is 93.3 Å². The molecule has 2 aromatic carbocycles. The second-order valence-electron chi connectivity index (χ2n) is 14.3. The molecule has 1 aromatic heterocycles. The number of aliphatic hydroxyl groups is 1. The number of H-pyrrole nitrogens is 1. The van der Waals surface area contributed by atoms with Crippen LogP contribution in [0.4, 0.5) is 0 Å². The van der Waals surface area contributed by atoms with E-state index < -0.39 is 45.8 Å². The van der Waals surface area contributed by atoms with Crippen molar-refractivity contribution in [2.75, 3.05) is 13.2 Å². The molecule has 4 rings (SSSR count). The first-order chi connectivity index (χ1) is 20.0. The molecule has 1 aliphatic heterocycles. The molecule has 10 heteroatoms. The molecule has 0 spiro atoms. The van der Waals surface area contributed by atoms with Gasteiger partial charge in [-0.2, -0.15) is 0 Å². The van der Waals surface area contributed by atoms with Crippen LogP contribution in [0, 0.1) is 6.92 Å². The monoisotopic (exact) mass is 624 g/mol. The molecule has 0 saturated carbocycles. The lowest BCUT2D eigenvalue weighted by atomic mass is 9.99. The molecule has 3 aromatic rings. The number of nitrogens with zero attached hydrogens (tertiary/aromatic N) is 1. The summed E-state index contributed by atoms with van der Waals surface area (Å²) in [6.45, 7) is 18.8. The van der Waals surface area contributed by atoms with Gasteiger partial charge in [0.15, 0.2) is 8.32 Å². The topological polar surface area (TPSA) is 103 Å². The summed E-state index contributed by atoms with van der Waals surface area (Å²) in [5.74, 6) is 0. The van der Waals surface area contributed by atoms with E-state index in [1.807, 2.05) is 36.4 Å². The fourth-order valence-corrected chi connectivity index (χ4v) is 11.7. The summed E-state index contributed by atoms with van der Waals surface area (Å²) in [6.07, 6.45) is 0.530. The molecule has 234 valence electrons. The van der Waals surface area contributed by atoms with Gasteiger partial charge in [0, 0.05) is 18.2 Å². The van der Waals surface area contributed by atoms with E-state index >= 15 is 0 Å². The van der Waals surface area contributed by atoms with Gasteiger partial charge in [-0.25, -0.2) is 4.79 Å². The number of benzene rings is 2. The molecule has 8 nitrogen and oxygen atoms in total. The summed E-state index contributed by atoms with van der Waals surface area (Å²) in [4.78, 5) is 27.5. The average molecular weight is 625 g/mol. The zero-order valence-corrected chi connectivity index (χ0v) is 29.1. The molecule has 1 saturated heterocycles. The summed E-state index contributed by atoms with van der Waals surface area (Å²) in [7, 11) is -5.34. The minimum absolute atomic E-state index is 0.0592. The van der Waals surface area contributed by atoms with Crippen LogP contribution in [-0.4, -0.2) is 56.2 Å². The highest BCUT2D eigenvalue weighted by molar-refractivity contribution is 6.99. The second kappa shape index (κ2) is 12.1. The van der Waals surface area contributed by atoms with Gasteiger partial charge in [0.05, 0.1) is 19.3 Å². The average Bonchev–Trinajstić information content (AvgIpc) is 3.28. The van der Waals surface area contributed by atoms with Crippen molar-refractivity contribution in [2.24, 2.45) is 0 Å². The Balaban J connectivity index is 1.85. The highest BCUT2D eigenvalue weighted by Crippen LogP contribution is 2.46. The van der Waals surface area contributed by atoms with E-state index in [9.17, 15) is 14.7 Å². The van der Waals surface area contributed by atoms with Crippen molar-refractivity contribution >= 4 is 27.0 Å². The molecule has 1 aliphatic rings. The maximum Gasteiger partial charge on any atom is 0.330 e. The maximum atomic E-state index is 13.0. The molecule has 2 heterocycles. The van der Waals surface area contributed by atoms with Crippen LogP contribution in [0.1, 0.15) is 59.8 Å². The summed E-state index contributed by atoms with van der Waals surface area (Å²) < 4.78 is 22.4. The SMILES string of the molecule is Cc1cn(C2CC(O[Si](C)(C)C(C)(C)C)C(CO)(CO[Si](c3ccccc3)(c3ccccc3)C(C)(C)C)O2)c(=O)[nH]c1=O. The van der Waals surface area contributed by atoms with E-state index in [4.69, 9.17) is 13.6 Å². The van der Waals surface area contributed by atoms with Gasteiger partial charge >= 0.3 is 5.69 Å². The number of aromatic amines is 1. The van der Waals surface area contributed by atoms with Crippen LogP contribution >= 0.6 is 0 Å². The third kappa shape index (κ3) is 6.32. The normalized spacial score (nSPS) is 21.7. The summed E-state index contributed by atoms with van der Waals surface area (Å²) in [6, 6.07) is 20.6. The molecule has 0 radical (unpaired) electrons. The van der Waals surface area contributed by atoms with Gasteiger partial charge in [0.25, 0.3) is 13.9 Å². The maximum absolute atomic E-state index is 13.0. The van der Waals surface area contributed by atoms with E-state index in [-0.39, 0.29) is 23.3 Å². The highest BCUT2D eigenvalue weighted by Gasteiger charge is 2.57. The zero-order chi connectivity index (χ0) is 31.8. The Morgan fingerprint density at radius 2 is 1.49 bits per heavy atom. The molecule has 3 unspecified atom stereocenters. The third-order valence-corrected chi connectivity index (χ3v) is 18.8.